The fourth-order valence-electron chi connectivity index (χ4n) is 1.80. The molecule has 0 atom stereocenters. The molecule has 0 radical (unpaired) electrons. The fourth-order valence-corrected chi connectivity index (χ4v) is 2.83. The van der Waals surface area contributed by atoms with Gasteiger partial charge in [0.2, 0.25) is 5.76 Å². The number of nitrogens with one attached hydrogen (secondary N) is 1. The summed E-state index contributed by atoms with van der Waals surface area (Å²) in [5.41, 5.74) is 2.14. The smallest absolute Gasteiger partial charge is 0.374 e. The van der Waals surface area contributed by atoms with Gasteiger partial charge in [-0.05, 0) is 31.5 Å². The Morgan fingerprint density at radius 1 is 1.42 bits per heavy atom. The number of hydrogen-bond acceptors (Lipinski definition) is 5. The first-order chi connectivity index (χ1) is 9.11. The Morgan fingerprint density at radius 2 is 2.21 bits per heavy atom. The standard InChI is InChI=1S/C14H17NO3S/c1-9-6-12(19-10(9)2)8-15-7-11-4-5-18-13(11)14(16)17-3/h4-6,15H,7-8H2,1-3H3. The van der Waals surface area contributed by atoms with Gasteiger partial charge < -0.3 is 14.5 Å². The van der Waals surface area contributed by atoms with Gasteiger partial charge in [0, 0.05) is 28.4 Å². The number of aryl methyl sites for hydroxylation is 2. The number of carbonyl (C=O) groups is 1. The summed E-state index contributed by atoms with van der Waals surface area (Å²) in [6.07, 6.45) is 1.50. The molecule has 0 saturated carbocycles. The topological polar surface area (TPSA) is 51.5 Å². The Labute approximate surface area is 116 Å². The lowest BCUT2D eigenvalue weighted by Gasteiger charge is -2.03. The molecule has 2 rings (SSSR count). The molecule has 2 heterocycles. The quantitative estimate of drug-likeness (QED) is 0.855. The molecule has 19 heavy (non-hydrogen) atoms. The number of carbonyl (C=O) groups excluding carboxylic acids is 1. The van der Waals surface area contributed by atoms with Crippen LogP contribution in [-0.2, 0) is 17.8 Å². The lowest BCUT2D eigenvalue weighted by atomic mass is 10.2. The second-order valence-electron chi connectivity index (χ2n) is 4.32. The van der Waals surface area contributed by atoms with Crippen molar-refractivity contribution in [1.82, 2.24) is 5.32 Å². The summed E-state index contributed by atoms with van der Waals surface area (Å²) < 4.78 is 9.79. The van der Waals surface area contributed by atoms with Crippen LogP contribution in [0.5, 0.6) is 0 Å². The van der Waals surface area contributed by atoms with E-state index in [1.54, 1.807) is 17.4 Å². The second kappa shape index (κ2) is 6.04. The van der Waals surface area contributed by atoms with E-state index >= 15 is 0 Å². The normalized spacial score (nSPS) is 10.7. The van der Waals surface area contributed by atoms with E-state index in [4.69, 9.17) is 4.42 Å². The first-order valence-electron chi connectivity index (χ1n) is 6.03. The number of thiophene rings is 1. The average molecular weight is 279 g/mol. The van der Waals surface area contributed by atoms with Crippen LogP contribution in [0.4, 0.5) is 0 Å². The summed E-state index contributed by atoms with van der Waals surface area (Å²) in [5.74, 6) is -0.168. The minimum atomic E-state index is -0.440. The van der Waals surface area contributed by atoms with Crippen molar-refractivity contribution in [2.45, 2.75) is 26.9 Å². The molecule has 0 saturated heterocycles. The predicted octanol–water partition coefficient (Wildman–Crippen LogP) is 3.03. The van der Waals surface area contributed by atoms with E-state index in [1.165, 1.54) is 28.7 Å². The Balaban J connectivity index is 1.92. The molecule has 4 nitrogen and oxygen atoms in total. The Hall–Kier alpha value is -1.59. The molecule has 0 amide bonds. The van der Waals surface area contributed by atoms with Crippen molar-refractivity contribution in [3.8, 4) is 0 Å². The van der Waals surface area contributed by atoms with E-state index in [0.717, 1.165) is 12.1 Å². The Morgan fingerprint density at radius 3 is 2.84 bits per heavy atom. The zero-order chi connectivity index (χ0) is 13.8. The van der Waals surface area contributed by atoms with Crippen molar-refractivity contribution in [1.29, 1.82) is 0 Å². The molecule has 1 N–H and O–H groups in total. The van der Waals surface area contributed by atoms with E-state index < -0.39 is 5.97 Å². The first kappa shape index (κ1) is 13.8. The predicted molar refractivity (Wildman–Crippen MR) is 74.4 cm³/mol. The lowest BCUT2D eigenvalue weighted by molar-refractivity contribution is 0.0563. The van der Waals surface area contributed by atoms with Gasteiger partial charge in [0.1, 0.15) is 0 Å². The van der Waals surface area contributed by atoms with Gasteiger partial charge in [-0.2, -0.15) is 0 Å². The van der Waals surface area contributed by atoms with Crippen LogP contribution in [0.2, 0.25) is 0 Å². The minimum absolute atomic E-state index is 0.272. The molecule has 0 aliphatic rings. The molecule has 0 aromatic carbocycles. The third-order valence-corrected chi connectivity index (χ3v) is 4.10. The van der Waals surface area contributed by atoms with Crippen LogP contribution in [0.1, 0.15) is 31.4 Å². The first-order valence-corrected chi connectivity index (χ1v) is 6.84. The van der Waals surface area contributed by atoms with Gasteiger partial charge in [-0.1, -0.05) is 0 Å². The molecule has 0 bridgehead atoms. The summed E-state index contributed by atoms with van der Waals surface area (Å²) in [6, 6.07) is 3.97. The van der Waals surface area contributed by atoms with E-state index in [2.05, 4.69) is 30.0 Å². The maximum Gasteiger partial charge on any atom is 0.374 e. The van der Waals surface area contributed by atoms with E-state index in [1.807, 2.05) is 0 Å². The molecule has 2 aromatic rings. The molecule has 0 unspecified atom stereocenters. The molecule has 0 fully saturated rings. The van der Waals surface area contributed by atoms with Crippen molar-refractivity contribution in [2.75, 3.05) is 7.11 Å². The van der Waals surface area contributed by atoms with Crippen LogP contribution in [0.15, 0.2) is 22.8 Å². The minimum Gasteiger partial charge on any atom is -0.463 e. The van der Waals surface area contributed by atoms with Gasteiger partial charge in [0.15, 0.2) is 0 Å². The third-order valence-electron chi connectivity index (χ3n) is 2.95. The van der Waals surface area contributed by atoms with Crippen LogP contribution in [0.3, 0.4) is 0 Å². The van der Waals surface area contributed by atoms with Crippen LogP contribution < -0.4 is 5.32 Å². The summed E-state index contributed by atoms with van der Waals surface area (Å²) in [5, 5.41) is 3.31. The molecule has 0 spiro atoms. The Bertz CT molecular complexity index is 552. The van der Waals surface area contributed by atoms with Crippen LogP contribution in [0.25, 0.3) is 0 Å². The molecular formula is C14H17NO3S. The lowest BCUT2D eigenvalue weighted by Crippen LogP contribution is -2.14. The van der Waals surface area contributed by atoms with Crippen molar-refractivity contribution in [2.24, 2.45) is 0 Å². The molecule has 5 heteroatoms. The Kier molecular flexibility index (Phi) is 4.39. The molecule has 0 aliphatic heterocycles. The largest absolute Gasteiger partial charge is 0.463 e. The number of ether oxygens (including phenoxy) is 1. The van der Waals surface area contributed by atoms with Crippen molar-refractivity contribution < 1.29 is 13.9 Å². The second-order valence-corrected chi connectivity index (χ2v) is 5.66. The highest BCUT2D eigenvalue weighted by Gasteiger charge is 2.15. The van der Waals surface area contributed by atoms with Gasteiger partial charge in [0.25, 0.3) is 0 Å². The zero-order valence-corrected chi connectivity index (χ0v) is 12.1. The van der Waals surface area contributed by atoms with E-state index in [0.29, 0.717) is 6.54 Å². The van der Waals surface area contributed by atoms with Crippen LogP contribution in [-0.4, -0.2) is 13.1 Å². The summed E-state index contributed by atoms with van der Waals surface area (Å²) >= 11 is 1.79. The van der Waals surface area contributed by atoms with E-state index in [9.17, 15) is 4.79 Å². The maximum atomic E-state index is 11.4. The van der Waals surface area contributed by atoms with Crippen molar-refractivity contribution in [3.63, 3.8) is 0 Å². The van der Waals surface area contributed by atoms with Gasteiger partial charge in [-0.3, -0.25) is 0 Å². The summed E-state index contributed by atoms with van der Waals surface area (Å²) in [6.45, 7) is 5.60. The van der Waals surface area contributed by atoms with Crippen molar-refractivity contribution in [3.05, 3.63) is 45.0 Å². The number of hydrogen-bond donors (Lipinski definition) is 1. The highest BCUT2D eigenvalue weighted by molar-refractivity contribution is 7.12. The SMILES string of the molecule is COC(=O)c1occc1CNCc1cc(C)c(C)s1. The van der Waals surface area contributed by atoms with E-state index in [-0.39, 0.29) is 5.76 Å². The molecular weight excluding hydrogens is 262 g/mol. The highest BCUT2D eigenvalue weighted by atomic mass is 32.1. The number of rotatable bonds is 5. The van der Waals surface area contributed by atoms with Gasteiger partial charge in [-0.25, -0.2) is 4.79 Å². The maximum absolute atomic E-state index is 11.4. The average Bonchev–Trinajstić information content (AvgIpc) is 2.97. The van der Waals surface area contributed by atoms with Gasteiger partial charge in [-0.15, -0.1) is 11.3 Å². The molecule has 2 aromatic heterocycles. The van der Waals surface area contributed by atoms with Gasteiger partial charge in [0.05, 0.1) is 13.4 Å². The van der Waals surface area contributed by atoms with Gasteiger partial charge >= 0.3 is 5.97 Å². The number of methoxy groups -OCH3 is 1. The fraction of sp³-hybridized carbons (Fsp3) is 0.357. The number of esters is 1. The molecule has 102 valence electrons. The highest BCUT2D eigenvalue weighted by Crippen LogP contribution is 2.20. The van der Waals surface area contributed by atoms with Crippen molar-refractivity contribution >= 4 is 17.3 Å². The monoisotopic (exact) mass is 279 g/mol. The zero-order valence-electron chi connectivity index (χ0n) is 11.3. The number of furan rings is 1. The third kappa shape index (κ3) is 3.24. The summed E-state index contributed by atoms with van der Waals surface area (Å²) in [7, 11) is 1.35. The van der Waals surface area contributed by atoms with Crippen LogP contribution >= 0.6 is 11.3 Å². The molecule has 0 aliphatic carbocycles. The van der Waals surface area contributed by atoms with Crippen LogP contribution in [0, 0.1) is 13.8 Å². The summed E-state index contributed by atoms with van der Waals surface area (Å²) in [4.78, 5) is 14.1.